The molecule has 7 rings (SSSR count). The maximum atomic E-state index is 12.3. The third kappa shape index (κ3) is 1.99. The number of rotatable bonds is 3. The second kappa shape index (κ2) is 6.00. The molecule has 1 aliphatic carbocycles. The number of nitrogens with zero attached hydrogens (tertiary/aromatic N) is 2. The molecule has 5 aliphatic heterocycles. The Labute approximate surface area is 177 Å². The van der Waals surface area contributed by atoms with Crippen LogP contribution in [0.1, 0.15) is 45.6 Å². The number of hydrogen-bond donors (Lipinski definition) is 0. The zero-order chi connectivity index (χ0) is 20.9. The molecule has 6 heteroatoms. The summed E-state index contributed by atoms with van der Waals surface area (Å²) in [6.07, 6.45) is 2.72. The first-order valence-corrected chi connectivity index (χ1v) is 11.3. The first kappa shape index (κ1) is 18.7. The first-order chi connectivity index (χ1) is 14.4. The van der Waals surface area contributed by atoms with Gasteiger partial charge in [-0.1, -0.05) is 25.1 Å². The van der Waals surface area contributed by atoms with Crippen LogP contribution < -0.4 is 4.90 Å². The summed E-state index contributed by atoms with van der Waals surface area (Å²) in [6, 6.07) is 9.46. The largest absolute Gasteiger partial charge is 0.461 e. The van der Waals surface area contributed by atoms with Crippen molar-refractivity contribution in [2.75, 3.05) is 11.9 Å². The second-order valence-corrected chi connectivity index (χ2v) is 9.98. The Morgan fingerprint density at radius 1 is 1.13 bits per heavy atom. The third-order valence-corrected chi connectivity index (χ3v) is 8.98. The van der Waals surface area contributed by atoms with Crippen molar-refractivity contribution in [3.8, 4) is 0 Å². The van der Waals surface area contributed by atoms with Crippen molar-refractivity contribution in [1.29, 1.82) is 0 Å². The minimum Gasteiger partial charge on any atom is -0.461 e. The van der Waals surface area contributed by atoms with E-state index in [9.17, 15) is 9.59 Å². The Morgan fingerprint density at radius 3 is 2.57 bits per heavy atom. The summed E-state index contributed by atoms with van der Waals surface area (Å²) in [5.74, 6) is 0.608. The smallest absolute Gasteiger partial charge is 0.304 e. The normalized spacial score (nSPS) is 46.5. The van der Waals surface area contributed by atoms with Crippen LogP contribution in [0.15, 0.2) is 24.3 Å². The van der Waals surface area contributed by atoms with E-state index >= 15 is 0 Å². The molecule has 30 heavy (non-hydrogen) atoms. The minimum absolute atomic E-state index is 0.122. The van der Waals surface area contributed by atoms with E-state index < -0.39 is 0 Å². The van der Waals surface area contributed by atoms with Gasteiger partial charge in [0.2, 0.25) is 0 Å². The highest BCUT2D eigenvalue weighted by atomic mass is 16.6. The topological polar surface area (TPSA) is 59.1 Å². The molecule has 160 valence electrons. The third-order valence-electron chi connectivity index (χ3n) is 8.98. The Balaban J connectivity index is 1.56. The van der Waals surface area contributed by atoms with Gasteiger partial charge < -0.3 is 14.4 Å². The number of ether oxygens (including phenoxy) is 2. The van der Waals surface area contributed by atoms with Gasteiger partial charge in [-0.15, -0.1) is 0 Å². The molecule has 6 aliphatic rings. The summed E-state index contributed by atoms with van der Waals surface area (Å²) in [6.45, 7) is 5.26. The molecule has 0 amide bonds. The molecular weight excluding hydrogens is 380 g/mol. The fourth-order valence-electron chi connectivity index (χ4n) is 8.49. The van der Waals surface area contributed by atoms with E-state index in [4.69, 9.17) is 9.47 Å². The van der Waals surface area contributed by atoms with E-state index in [0.717, 1.165) is 19.3 Å². The summed E-state index contributed by atoms with van der Waals surface area (Å²) in [5.41, 5.74) is 2.41. The van der Waals surface area contributed by atoms with Gasteiger partial charge in [0.05, 0.1) is 11.5 Å². The number of carbonyl (C=O) groups excluding carboxylic acids is 2. The van der Waals surface area contributed by atoms with Crippen molar-refractivity contribution < 1.29 is 19.1 Å². The SMILES string of the molecule is CCC1C2CC3C4N(C)c5ccccc5[C@]45CC([C@@H]2[C@H]5OC(C)=O)N3[C@@H]1OC(C)=O. The lowest BCUT2D eigenvalue weighted by molar-refractivity contribution is -0.228. The molecule has 10 atom stereocenters. The Hall–Kier alpha value is -2.08. The molecule has 1 spiro atoms. The van der Waals surface area contributed by atoms with Crippen molar-refractivity contribution in [3.63, 3.8) is 0 Å². The summed E-state index contributed by atoms with van der Waals surface area (Å²) in [7, 11) is 2.18. The van der Waals surface area contributed by atoms with Crippen LogP contribution in [0, 0.1) is 17.8 Å². The van der Waals surface area contributed by atoms with E-state index in [1.54, 1.807) is 6.92 Å². The van der Waals surface area contributed by atoms with Gasteiger partial charge in [-0.05, 0) is 36.8 Å². The zero-order valence-electron chi connectivity index (χ0n) is 18.1. The van der Waals surface area contributed by atoms with E-state index in [1.165, 1.54) is 18.2 Å². The molecule has 1 aromatic carbocycles. The van der Waals surface area contributed by atoms with Gasteiger partial charge >= 0.3 is 11.9 Å². The number of esters is 2. The number of carbonyl (C=O) groups is 2. The number of anilines is 1. The molecular formula is C24H30N2O4. The van der Waals surface area contributed by atoms with Gasteiger partial charge in [-0.2, -0.15) is 0 Å². The lowest BCUT2D eigenvalue weighted by Gasteiger charge is -2.62. The summed E-state index contributed by atoms with van der Waals surface area (Å²) in [5, 5.41) is 0. The maximum Gasteiger partial charge on any atom is 0.304 e. The number of para-hydroxylation sites is 1. The summed E-state index contributed by atoms with van der Waals surface area (Å²) < 4.78 is 12.2. The fourth-order valence-corrected chi connectivity index (χ4v) is 8.49. The molecule has 4 saturated heterocycles. The number of benzene rings is 1. The maximum absolute atomic E-state index is 12.3. The zero-order valence-corrected chi connectivity index (χ0v) is 18.1. The van der Waals surface area contributed by atoms with Crippen molar-refractivity contribution in [2.45, 2.75) is 75.9 Å². The van der Waals surface area contributed by atoms with Gasteiger partial charge in [-0.25, -0.2) is 0 Å². The molecule has 0 N–H and O–H groups in total. The van der Waals surface area contributed by atoms with E-state index in [-0.39, 0.29) is 35.7 Å². The van der Waals surface area contributed by atoms with Gasteiger partial charge in [0, 0.05) is 50.5 Å². The lowest BCUT2D eigenvalue weighted by Crippen LogP contribution is -2.73. The highest BCUT2D eigenvalue weighted by molar-refractivity contribution is 5.70. The van der Waals surface area contributed by atoms with Crippen LogP contribution in [0.25, 0.3) is 0 Å². The quantitative estimate of drug-likeness (QED) is 0.714. The molecule has 6 nitrogen and oxygen atoms in total. The number of likely N-dealkylation sites (N-methyl/N-ethyl adjacent to an activating group) is 1. The highest BCUT2D eigenvalue weighted by Crippen LogP contribution is 2.69. The molecule has 0 radical (unpaired) electrons. The number of piperidine rings is 4. The summed E-state index contributed by atoms with van der Waals surface area (Å²) in [4.78, 5) is 29.2. The monoisotopic (exact) mass is 410 g/mol. The van der Waals surface area contributed by atoms with Crippen molar-refractivity contribution in [2.24, 2.45) is 17.8 Å². The van der Waals surface area contributed by atoms with Crippen molar-refractivity contribution in [3.05, 3.63) is 29.8 Å². The van der Waals surface area contributed by atoms with Crippen LogP contribution in [0.3, 0.4) is 0 Å². The van der Waals surface area contributed by atoms with E-state index in [0.29, 0.717) is 29.8 Å². The van der Waals surface area contributed by atoms with Gasteiger partial charge in [-0.3, -0.25) is 14.5 Å². The Morgan fingerprint density at radius 2 is 1.87 bits per heavy atom. The molecule has 6 unspecified atom stereocenters. The van der Waals surface area contributed by atoms with Crippen LogP contribution in [0.2, 0.25) is 0 Å². The predicted molar refractivity (Wildman–Crippen MR) is 111 cm³/mol. The van der Waals surface area contributed by atoms with Gasteiger partial charge in [0.15, 0.2) is 6.23 Å². The van der Waals surface area contributed by atoms with Crippen LogP contribution in [-0.4, -0.2) is 54.3 Å². The average molecular weight is 411 g/mol. The average Bonchev–Trinajstić information content (AvgIpc) is 3.10. The van der Waals surface area contributed by atoms with Crippen LogP contribution >= 0.6 is 0 Å². The molecule has 5 heterocycles. The number of fused-ring (bicyclic) bond motifs is 2. The van der Waals surface area contributed by atoms with Crippen LogP contribution in [0.4, 0.5) is 5.69 Å². The van der Waals surface area contributed by atoms with E-state index in [2.05, 4.69) is 48.0 Å². The molecule has 0 aromatic heterocycles. The standard InChI is InChI=1S/C24H30N2O4/c1-5-14-15-10-18-21-24(16-8-6-7-9-17(16)25(21)4)11-19(20(15)22(24)29-12(2)27)26(18)23(14)30-13(3)28/h6-9,14-15,18-23H,5,10-11H2,1-4H3/t14?,15?,18?,19?,20-,21?,22-,23-,24-/m1/s1. The van der Waals surface area contributed by atoms with Crippen molar-refractivity contribution >= 4 is 17.6 Å². The van der Waals surface area contributed by atoms with Gasteiger partial charge in [0.25, 0.3) is 0 Å². The lowest BCUT2D eigenvalue weighted by atomic mass is 9.62. The highest BCUT2D eigenvalue weighted by Gasteiger charge is 2.78. The van der Waals surface area contributed by atoms with Gasteiger partial charge in [0.1, 0.15) is 6.10 Å². The predicted octanol–water partition coefficient (Wildman–Crippen LogP) is 2.70. The first-order valence-electron chi connectivity index (χ1n) is 11.3. The molecule has 5 fully saturated rings. The minimum atomic E-state index is -0.203. The molecule has 1 saturated carbocycles. The van der Waals surface area contributed by atoms with Crippen molar-refractivity contribution in [1.82, 2.24) is 4.90 Å². The Bertz CT molecular complexity index is 934. The Kier molecular flexibility index (Phi) is 3.73. The van der Waals surface area contributed by atoms with Crippen LogP contribution in [-0.2, 0) is 24.5 Å². The van der Waals surface area contributed by atoms with E-state index in [1.807, 2.05) is 0 Å². The summed E-state index contributed by atoms with van der Waals surface area (Å²) >= 11 is 0. The number of hydrogen-bond acceptors (Lipinski definition) is 6. The van der Waals surface area contributed by atoms with Crippen LogP contribution in [0.5, 0.6) is 0 Å². The molecule has 1 aromatic rings. The second-order valence-electron chi connectivity index (χ2n) is 9.98. The molecule has 5 bridgehead atoms. The fraction of sp³-hybridized carbons (Fsp3) is 0.667.